The zero-order valence-electron chi connectivity index (χ0n) is 15.5. The molecule has 2 rings (SSSR count). The molecule has 0 saturated carbocycles. The van der Waals surface area contributed by atoms with Gasteiger partial charge in [-0.3, -0.25) is 4.79 Å². The van der Waals surface area contributed by atoms with Crippen molar-refractivity contribution in [2.24, 2.45) is 5.92 Å². The summed E-state index contributed by atoms with van der Waals surface area (Å²) in [5.41, 5.74) is 0. The first-order valence-corrected chi connectivity index (χ1v) is 11.4. The van der Waals surface area contributed by atoms with Gasteiger partial charge in [-0.05, 0) is 44.2 Å². The minimum atomic E-state index is -3.38. The Kier molecular flexibility index (Phi) is 7.46. The Labute approximate surface area is 155 Å². The van der Waals surface area contributed by atoms with E-state index < -0.39 is 10.0 Å². The number of carbonyl (C=O) groups excluding carboxylic acids is 1. The van der Waals surface area contributed by atoms with Gasteiger partial charge in [0.2, 0.25) is 5.91 Å². The molecule has 1 aromatic heterocycles. The van der Waals surface area contributed by atoms with Crippen molar-refractivity contribution in [2.45, 2.75) is 69.5 Å². The second kappa shape index (κ2) is 9.14. The first-order valence-electron chi connectivity index (χ1n) is 9.17. The third-order valence-corrected chi connectivity index (χ3v) is 7.91. The smallest absolute Gasteiger partial charge is 0.252 e. The molecule has 2 heterocycles. The van der Waals surface area contributed by atoms with E-state index in [0.717, 1.165) is 30.6 Å². The molecule has 1 aromatic rings. The summed E-state index contributed by atoms with van der Waals surface area (Å²) in [5, 5.41) is 3.01. The van der Waals surface area contributed by atoms with Crippen LogP contribution >= 0.6 is 11.3 Å². The SMILES string of the molecule is CC(C)CCCC(C)NC(=O)Cc1ccc(S(=O)(=O)N2CCCC2)s1. The van der Waals surface area contributed by atoms with E-state index in [0.29, 0.717) is 23.2 Å². The molecule has 1 fully saturated rings. The van der Waals surface area contributed by atoms with E-state index in [1.807, 2.05) is 6.92 Å². The van der Waals surface area contributed by atoms with Crippen LogP contribution < -0.4 is 5.32 Å². The maximum atomic E-state index is 12.5. The van der Waals surface area contributed by atoms with Gasteiger partial charge >= 0.3 is 0 Å². The second-order valence-electron chi connectivity index (χ2n) is 7.30. The van der Waals surface area contributed by atoms with Crippen LogP contribution in [0.4, 0.5) is 0 Å². The van der Waals surface area contributed by atoms with Crippen molar-refractivity contribution in [3.8, 4) is 0 Å². The third kappa shape index (κ3) is 6.08. The highest BCUT2D eigenvalue weighted by Crippen LogP contribution is 2.27. The van der Waals surface area contributed by atoms with Crippen LogP contribution in [0.5, 0.6) is 0 Å². The molecule has 5 nitrogen and oxygen atoms in total. The van der Waals surface area contributed by atoms with E-state index in [2.05, 4.69) is 19.2 Å². The zero-order valence-corrected chi connectivity index (χ0v) is 17.1. The van der Waals surface area contributed by atoms with Gasteiger partial charge in [0.25, 0.3) is 10.0 Å². The van der Waals surface area contributed by atoms with Crippen molar-refractivity contribution in [1.29, 1.82) is 0 Å². The van der Waals surface area contributed by atoms with E-state index in [9.17, 15) is 13.2 Å². The molecular weight excluding hydrogens is 356 g/mol. The monoisotopic (exact) mass is 386 g/mol. The van der Waals surface area contributed by atoms with Crippen molar-refractivity contribution in [3.05, 3.63) is 17.0 Å². The lowest BCUT2D eigenvalue weighted by Gasteiger charge is -2.14. The highest BCUT2D eigenvalue weighted by Gasteiger charge is 2.28. The lowest BCUT2D eigenvalue weighted by molar-refractivity contribution is -0.121. The van der Waals surface area contributed by atoms with Crippen LogP contribution in [0.1, 0.15) is 57.8 Å². The molecule has 0 spiro atoms. The molecular formula is C18H30N2O3S2. The van der Waals surface area contributed by atoms with Gasteiger partial charge < -0.3 is 5.32 Å². The summed E-state index contributed by atoms with van der Waals surface area (Å²) in [5.74, 6) is 0.647. The average Bonchev–Trinajstić information content (AvgIpc) is 3.18. The molecule has 1 saturated heterocycles. The number of hydrogen-bond acceptors (Lipinski definition) is 4. The summed E-state index contributed by atoms with van der Waals surface area (Å²) in [6.45, 7) is 7.63. The Morgan fingerprint density at radius 3 is 2.52 bits per heavy atom. The van der Waals surface area contributed by atoms with Crippen molar-refractivity contribution >= 4 is 27.3 Å². The fourth-order valence-corrected chi connectivity index (χ4v) is 6.06. The molecule has 0 bridgehead atoms. The van der Waals surface area contributed by atoms with E-state index in [1.165, 1.54) is 17.8 Å². The molecule has 1 aliphatic rings. The van der Waals surface area contributed by atoms with Gasteiger partial charge in [0, 0.05) is 24.0 Å². The first-order chi connectivity index (χ1) is 11.8. The fraction of sp³-hybridized carbons (Fsp3) is 0.722. The average molecular weight is 387 g/mol. The van der Waals surface area contributed by atoms with Crippen molar-refractivity contribution in [1.82, 2.24) is 9.62 Å². The van der Waals surface area contributed by atoms with Crippen molar-refractivity contribution in [3.63, 3.8) is 0 Å². The highest BCUT2D eigenvalue weighted by molar-refractivity contribution is 7.91. The number of rotatable bonds is 9. The van der Waals surface area contributed by atoms with Gasteiger partial charge in [0.05, 0.1) is 6.42 Å². The van der Waals surface area contributed by atoms with Crippen LogP contribution in [0.2, 0.25) is 0 Å². The Balaban J connectivity index is 1.85. The maximum absolute atomic E-state index is 12.5. The van der Waals surface area contributed by atoms with Crippen LogP contribution in [0, 0.1) is 5.92 Å². The van der Waals surface area contributed by atoms with Gasteiger partial charge in [0.15, 0.2) is 0 Å². The lowest BCUT2D eigenvalue weighted by Crippen LogP contribution is -2.33. The number of nitrogens with zero attached hydrogens (tertiary/aromatic N) is 1. The number of sulfonamides is 1. The summed E-state index contributed by atoms with van der Waals surface area (Å²) in [6.07, 6.45) is 5.35. The number of hydrogen-bond donors (Lipinski definition) is 1. The molecule has 1 atom stereocenters. The minimum Gasteiger partial charge on any atom is -0.353 e. The molecule has 7 heteroatoms. The van der Waals surface area contributed by atoms with Crippen LogP contribution in [-0.4, -0.2) is 37.8 Å². The molecule has 1 amide bonds. The Bertz CT molecular complexity index is 662. The van der Waals surface area contributed by atoms with Gasteiger partial charge in [-0.2, -0.15) is 4.31 Å². The number of thiophene rings is 1. The van der Waals surface area contributed by atoms with E-state index in [1.54, 1.807) is 16.4 Å². The normalized spacial score (nSPS) is 17.1. The molecule has 0 aliphatic carbocycles. The van der Waals surface area contributed by atoms with Crippen LogP contribution in [0.3, 0.4) is 0 Å². The van der Waals surface area contributed by atoms with Crippen LogP contribution in [-0.2, 0) is 21.2 Å². The molecule has 25 heavy (non-hydrogen) atoms. The molecule has 1 aliphatic heterocycles. The first kappa shape index (κ1) is 20.4. The van der Waals surface area contributed by atoms with Gasteiger partial charge in [0.1, 0.15) is 4.21 Å². The minimum absolute atomic E-state index is 0.0379. The van der Waals surface area contributed by atoms with E-state index in [-0.39, 0.29) is 18.4 Å². The third-order valence-electron chi connectivity index (χ3n) is 4.46. The molecule has 0 aromatic carbocycles. The van der Waals surface area contributed by atoms with Gasteiger partial charge in [-0.15, -0.1) is 11.3 Å². The summed E-state index contributed by atoms with van der Waals surface area (Å²) in [6, 6.07) is 3.54. The molecule has 1 unspecified atom stereocenters. The predicted molar refractivity (Wildman–Crippen MR) is 102 cm³/mol. The standard InChI is InChI=1S/C18H30N2O3S2/c1-14(2)7-6-8-15(3)19-17(21)13-16-9-10-18(24-16)25(22,23)20-11-4-5-12-20/h9-10,14-15H,4-8,11-13H2,1-3H3,(H,19,21). The number of nitrogens with one attached hydrogen (secondary N) is 1. The van der Waals surface area contributed by atoms with E-state index in [4.69, 9.17) is 0 Å². The zero-order chi connectivity index (χ0) is 18.4. The highest BCUT2D eigenvalue weighted by atomic mass is 32.2. The van der Waals surface area contributed by atoms with Crippen molar-refractivity contribution in [2.75, 3.05) is 13.1 Å². The van der Waals surface area contributed by atoms with Crippen LogP contribution in [0.25, 0.3) is 0 Å². The maximum Gasteiger partial charge on any atom is 0.252 e. The summed E-state index contributed by atoms with van der Waals surface area (Å²) in [7, 11) is -3.38. The molecule has 1 N–H and O–H groups in total. The van der Waals surface area contributed by atoms with Crippen molar-refractivity contribution < 1.29 is 13.2 Å². The summed E-state index contributed by atoms with van der Waals surface area (Å²) >= 11 is 1.21. The lowest BCUT2D eigenvalue weighted by atomic mass is 10.0. The Hall–Kier alpha value is -0.920. The molecule has 142 valence electrons. The van der Waals surface area contributed by atoms with Gasteiger partial charge in [-0.25, -0.2) is 8.42 Å². The van der Waals surface area contributed by atoms with E-state index >= 15 is 0 Å². The molecule has 0 radical (unpaired) electrons. The predicted octanol–water partition coefficient (Wildman–Crippen LogP) is 3.41. The topological polar surface area (TPSA) is 66.5 Å². The summed E-state index contributed by atoms with van der Waals surface area (Å²) < 4.78 is 26.9. The quantitative estimate of drug-likeness (QED) is 0.707. The fourth-order valence-electron chi connectivity index (χ4n) is 3.04. The summed E-state index contributed by atoms with van der Waals surface area (Å²) in [4.78, 5) is 13.0. The van der Waals surface area contributed by atoms with Gasteiger partial charge in [-0.1, -0.05) is 26.7 Å². The second-order valence-corrected chi connectivity index (χ2v) is 10.6. The number of carbonyl (C=O) groups is 1. The largest absolute Gasteiger partial charge is 0.353 e. The Morgan fingerprint density at radius 2 is 1.88 bits per heavy atom. The van der Waals surface area contributed by atoms with Crippen LogP contribution in [0.15, 0.2) is 16.3 Å². The number of amides is 1. The Morgan fingerprint density at radius 1 is 1.20 bits per heavy atom.